The summed E-state index contributed by atoms with van der Waals surface area (Å²) in [6, 6.07) is 14.0. The number of amides is 2. The number of aromatic nitrogens is 2. The number of carbonyl (C=O) groups excluding carboxylic acids is 1. The summed E-state index contributed by atoms with van der Waals surface area (Å²) in [5, 5.41) is 17.1. The van der Waals surface area contributed by atoms with Crippen LogP contribution < -0.4 is 16.0 Å². The summed E-state index contributed by atoms with van der Waals surface area (Å²) in [5.74, 6) is 1.16. The monoisotopic (exact) mass is 339 g/mol. The molecule has 1 saturated carbocycles. The van der Waals surface area contributed by atoms with Crippen molar-refractivity contribution in [3.8, 4) is 0 Å². The van der Waals surface area contributed by atoms with Gasteiger partial charge in [0.05, 0.1) is 0 Å². The van der Waals surface area contributed by atoms with Crippen LogP contribution in [0.1, 0.15) is 37.7 Å². The maximum atomic E-state index is 12.0. The lowest BCUT2D eigenvalue weighted by atomic mass is 9.96. The Balaban J connectivity index is 1.41. The van der Waals surface area contributed by atoms with Gasteiger partial charge in [-0.1, -0.05) is 49.6 Å². The second-order valence-corrected chi connectivity index (χ2v) is 6.40. The molecule has 0 spiro atoms. The molecule has 0 aliphatic heterocycles. The lowest BCUT2D eigenvalue weighted by Crippen LogP contribution is -2.39. The van der Waals surface area contributed by atoms with Crippen molar-refractivity contribution in [2.24, 2.45) is 0 Å². The first-order valence-electron chi connectivity index (χ1n) is 8.98. The quantitative estimate of drug-likeness (QED) is 0.751. The molecule has 0 bridgehead atoms. The van der Waals surface area contributed by atoms with E-state index in [9.17, 15) is 4.79 Å². The van der Waals surface area contributed by atoms with Crippen molar-refractivity contribution in [1.29, 1.82) is 0 Å². The largest absolute Gasteiger partial charge is 0.368 e. The van der Waals surface area contributed by atoms with E-state index in [-0.39, 0.29) is 12.1 Å². The molecular formula is C19H25N5O. The van der Waals surface area contributed by atoms with E-state index in [1.807, 2.05) is 24.3 Å². The zero-order valence-electron chi connectivity index (χ0n) is 14.4. The van der Waals surface area contributed by atoms with E-state index in [4.69, 9.17) is 0 Å². The molecule has 6 nitrogen and oxygen atoms in total. The number of nitrogens with zero attached hydrogens (tertiary/aromatic N) is 2. The molecule has 1 fully saturated rings. The fraction of sp³-hybridized carbons (Fsp3) is 0.421. The van der Waals surface area contributed by atoms with E-state index in [1.165, 1.54) is 24.8 Å². The highest BCUT2D eigenvalue weighted by Gasteiger charge is 2.15. The Bertz CT molecular complexity index is 653. The minimum atomic E-state index is -0.203. The highest BCUT2D eigenvalue weighted by atomic mass is 16.2. The van der Waals surface area contributed by atoms with E-state index in [2.05, 4.69) is 38.3 Å². The Kier molecular flexibility index (Phi) is 6.20. The number of carbonyl (C=O) groups is 1. The molecule has 2 aromatic rings. The van der Waals surface area contributed by atoms with Gasteiger partial charge in [-0.2, -0.15) is 0 Å². The van der Waals surface area contributed by atoms with Gasteiger partial charge in [0.25, 0.3) is 0 Å². The molecule has 1 heterocycles. The lowest BCUT2D eigenvalue weighted by Gasteiger charge is -2.22. The smallest absolute Gasteiger partial charge is 0.320 e. The minimum Gasteiger partial charge on any atom is -0.368 e. The first-order valence-corrected chi connectivity index (χ1v) is 8.98. The minimum absolute atomic E-state index is 0.203. The summed E-state index contributed by atoms with van der Waals surface area (Å²) in [6.07, 6.45) is 6.69. The summed E-state index contributed by atoms with van der Waals surface area (Å²) in [5.41, 5.74) is 1.28. The molecular weight excluding hydrogens is 314 g/mol. The molecule has 0 radical (unpaired) electrons. The molecule has 0 saturated heterocycles. The Morgan fingerprint density at radius 2 is 1.68 bits per heavy atom. The van der Waals surface area contributed by atoms with Gasteiger partial charge >= 0.3 is 6.03 Å². The topological polar surface area (TPSA) is 78.9 Å². The van der Waals surface area contributed by atoms with Crippen LogP contribution in [0, 0.1) is 0 Å². The molecule has 2 amide bonds. The van der Waals surface area contributed by atoms with Gasteiger partial charge in [0.15, 0.2) is 5.82 Å². The Morgan fingerprint density at radius 3 is 2.40 bits per heavy atom. The van der Waals surface area contributed by atoms with E-state index in [0.717, 1.165) is 25.8 Å². The fourth-order valence-electron chi connectivity index (χ4n) is 3.06. The van der Waals surface area contributed by atoms with Gasteiger partial charge in [0.2, 0.25) is 0 Å². The van der Waals surface area contributed by atoms with E-state index >= 15 is 0 Å². The molecule has 6 heteroatoms. The van der Waals surface area contributed by atoms with Crippen molar-refractivity contribution < 1.29 is 4.79 Å². The van der Waals surface area contributed by atoms with Gasteiger partial charge < -0.3 is 10.6 Å². The van der Waals surface area contributed by atoms with Crippen LogP contribution in [0.5, 0.6) is 0 Å². The number of nitrogens with one attached hydrogen (secondary N) is 3. The second-order valence-electron chi connectivity index (χ2n) is 6.40. The molecule has 1 aromatic carbocycles. The molecule has 1 aromatic heterocycles. The summed E-state index contributed by atoms with van der Waals surface area (Å²) >= 11 is 0. The van der Waals surface area contributed by atoms with Crippen molar-refractivity contribution in [2.75, 3.05) is 17.2 Å². The summed E-state index contributed by atoms with van der Waals surface area (Å²) in [6.45, 7) is 0.785. The van der Waals surface area contributed by atoms with Crippen LogP contribution in [0.2, 0.25) is 0 Å². The average molecular weight is 339 g/mol. The van der Waals surface area contributed by atoms with E-state index < -0.39 is 0 Å². The van der Waals surface area contributed by atoms with Crippen molar-refractivity contribution in [3.05, 3.63) is 48.0 Å². The highest BCUT2D eigenvalue weighted by molar-refractivity contribution is 5.88. The maximum absolute atomic E-state index is 12.0. The molecule has 0 unspecified atom stereocenters. The predicted octanol–water partition coefficient (Wildman–Crippen LogP) is 3.59. The fourth-order valence-corrected chi connectivity index (χ4v) is 3.06. The number of urea groups is 1. The third-order valence-electron chi connectivity index (χ3n) is 4.41. The van der Waals surface area contributed by atoms with Crippen LogP contribution in [-0.4, -0.2) is 28.8 Å². The molecule has 25 heavy (non-hydrogen) atoms. The predicted molar refractivity (Wildman–Crippen MR) is 99.7 cm³/mol. The van der Waals surface area contributed by atoms with Crippen molar-refractivity contribution in [2.45, 2.75) is 44.6 Å². The second kappa shape index (κ2) is 9.01. The standard InChI is InChI=1S/C19H25N5O/c25-19(21-16-9-5-2-6-10-16)22-18-12-11-17(23-24-18)20-14-13-15-7-3-1-4-8-15/h1,3-4,7-8,11-12,16H,2,5-6,9-10,13-14H2,(H,20,23)(H2,21,22,24,25). The summed E-state index contributed by atoms with van der Waals surface area (Å²) in [4.78, 5) is 12.0. The summed E-state index contributed by atoms with van der Waals surface area (Å²) in [7, 11) is 0. The number of rotatable bonds is 6. The number of hydrogen-bond donors (Lipinski definition) is 3. The van der Waals surface area contributed by atoms with Gasteiger partial charge in [-0.25, -0.2) is 4.79 Å². The van der Waals surface area contributed by atoms with Crippen LogP contribution in [0.25, 0.3) is 0 Å². The molecule has 3 rings (SSSR count). The Labute approximate surface area is 148 Å². The van der Waals surface area contributed by atoms with E-state index in [0.29, 0.717) is 11.6 Å². The zero-order valence-corrected chi connectivity index (χ0v) is 14.4. The van der Waals surface area contributed by atoms with Gasteiger partial charge in [-0.15, -0.1) is 10.2 Å². The van der Waals surface area contributed by atoms with Gasteiger partial charge in [-0.3, -0.25) is 5.32 Å². The Morgan fingerprint density at radius 1 is 0.960 bits per heavy atom. The molecule has 1 aliphatic rings. The SMILES string of the molecule is O=C(Nc1ccc(NCCc2ccccc2)nn1)NC1CCCCC1. The van der Waals surface area contributed by atoms with Crippen molar-refractivity contribution in [3.63, 3.8) is 0 Å². The van der Waals surface area contributed by atoms with Gasteiger partial charge in [-0.05, 0) is 37.0 Å². The number of hydrogen-bond acceptors (Lipinski definition) is 4. The van der Waals surface area contributed by atoms with Crippen LogP contribution in [0.3, 0.4) is 0 Å². The molecule has 132 valence electrons. The van der Waals surface area contributed by atoms with Crippen LogP contribution in [-0.2, 0) is 6.42 Å². The highest BCUT2D eigenvalue weighted by Crippen LogP contribution is 2.17. The maximum Gasteiger partial charge on any atom is 0.320 e. The van der Waals surface area contributed by atoms with Crippen molar-refractivity contribution in [1.82, 2.24) is 15.5 Å². The average Bonchev–Trinajstić information content (AvgIpc) is 2.65. The van der Waals surface area contributed by atoms with Gasteiger partial charge in [0, 0.05) is 12.6 Å². The Hall–Kier alpha value is -2.63. The van der Waals surface area contributed by atoms with Gasteiger partial charge in [0.1, 0.15) is 5.82 Å². The lowest BCUT2D eigenvalue weighted by molar-refractivity contribution is 0.244. The summed E-state index contributed by atoms with van der Waals surface area (Å²) < 4.78 is 0. The van der Waals surface area contributed by atoms with Crippen molar-refractivity contribution >= 4 is 17.7 Å². The molecule has 1 aliphatic carbocycles. The number of benzene rings is 1. The van der Waals surface area contributed by atoms with Crippen LogP contribution >= 0.6 is 0 Å². The van der Waals surface area contributed by atoms with Crippen LogP contribution in [0.4, 0.5) is 16.4 Å². The van der Waals surface area contributed by atoms with E-state index in [1.54, 1.807) is 6.07 Å². The molecule has 0 atom stereocenters. The van der Waals surface area contributed by atoms with Crippen LogP contribution in [0.15, 0.2) is 42.5 Å². The first kappa shape index (κ1) is 17.2. The third-order valence-corrected chi connectivity index (χ3v) is 4.41. The molecule has 3 N–H and O–H groups in total. The first-order chi connectivity index (χ1) is 12.3. The third kappa shape index (κ3) is 5.74. The zero-order chi connectivity index (χ0) is 17.3. The number of anilines is 2. The normalized spacial score (nSPS) is 14.7.